The Labute approximate surface area is 142 Å². The number of carbonyl (C=O) groups is 2. The summed E-state index contributed by atoms with van der Waals surface area (Å²) in [5.74, 6) is -0.448. The van der Waals surface area contributed by atoms with E-state index < -0.39 is 23.7 Å². The van der Waals surface area contributed by atoms with Crippen LogP contribution in [0.25, 0.3) is 0 Å². The standard InChI is InChI=1S/C18H24N2O4/c1-18(2,3)24-17(22)20-11-14(19-4)10-15(20)16(21)23-12-13-8-6-5-7-9-13/h5-9,14-15H,4,10-12H2,1-3H3/t14?,15-/m0/s1. The Balaban J connectivity index is 2.02. The molecule has 1 amide bonds. The Morgan fingerprint density at radius 1 is 1.29 bits per heavy atom. The maximum absolute atomic E-state index is 12.4. The first-order chi connectivity index (χ1) is 11.3. The van der Waals surface area contributed by atoms with Gasteiger partial charge in [0.2, 0.25) is 0 Å². The Kier molecular flexibility index (Phi) is 5.59. The average Bonchev–Trinajstić information content (AvgIpc) is 2.96. The molecule has 1 aliphatic heterocycles. The van der Waals surface area contributed by atoms with Crippen molar-refractivity contribution < 1.29 is 19.1 Å². The summed E-state index contributed by atoms with van der Waals surface area (Å²) >= 11 is 0. The minimum atomic E-state index is -0.695. The second-order valence-electron chi connectivity index (χ2n) is 6.81. The van der Waals surface area contributed by atoms with Crippen LogP contribution in [-0.2, 0) is 20.9 Å². The van der Waals surface area contributed by atoms with Gasteiger partial charge in [-0.2, -0.15) is 0 Å². The highest BCUT2D eigenvalue weighted by Crippen LogP contribution is 2.24. The van der Waals surface area contributed by atoms with Crippen molar-refractivity contribution >= 4 is 18.8 Å². The highest BCUT2D eigenvalue weighted by Gasteiger charge is 2.42. The summed E-state index contributed by atoms with van der Waals surface area (Å²) in [6.45, 7) is 9.35. The molecule has 130 valence electrons. The number of hydrogen-bond donors (Lipinski definition) is 0. The maximum atomic E-state index is 12.4. The van der Waals surface area contributed by atoms with Gasteiger partial charge in [-0.3, -0.25) is 9.89 Å². The molecule has 1 aliphatic rings. The van der Waals surface area contributed by atoms with Crippen LogP contribution < -0.4 is 0 Å². The highest BCUT2D eigenvalue weighted by molar-refractivity contribution is 5.82. The molecule has 6 heteroatoms. The Hall–Kier alpha value is -2.37. The lowest BCUT2D eigenvalue weighted by Crippen LogP contribution is -2.44. The van der Waals surface area contributed by atoms with Crippen LogP contribution in [0.15, 0.2) is 35.3 Å². The van der Waals surface area contributed by atoms with Gasteiger partial charge in [0, 0.05) is 13.0 Å². The summed E-state index contributed by atoms with van der Waals surface area (Å²) in [6.07, 6.45) is -0.133. The highest BCUT2D eigenvalue weighted by atomic mass is 16.6. The van der Waals surface area contributed by atoms with Gasteiger partial charge >= 0.3 is 12.1 Å². The van der Waals surface area contributed by atoms with Crippen molar-refractivity contribution in [3.63, 3.8) is 0 Å². The van der Waals surface area contributed by atoms with E-state index in [1.54, 1.807) is 20.8 Å². The van der Waals surface area contributed by atoms with Crippen LogP contribution in [0.1, 0.15) is 32.8 Å². The van der Waals surface area contributed by atoms with Gasteiger partial charge in [0.05, 0.1) is 6.04 Å². The van der Waals surface area contributed by atoms with Crippen LogP contribution in [0.4, 0.5) is 4.79 Å². The van der Waals surface area contributed by atoms with Crippen molar-refractivity contribution in [3.05, 3.63) is 35.9 Å². The molecule has 1 aromatic rings. The predicted octanol–water partition coefficient (Wildman–Crippen LogP) is 2.81. The zero-order valence-electron chi connectivity index (χ0n) is 14.4. The number of ether oxygens (including phenoxy) is 2. The summed E-state index contributed by atoms with van der Waals surface area (Å²) in [5.41, 5.74) is 0.265. The average molecular weight is 332 g/mol. The van der Waals surface area contributed by atoms with E-state index in [0.29, 0.717) is 13.0 Å². The van der Waals surface area contributed by atoms with Gasteiger partial charge in [0.25, 0.3) is 0 Å². The van der Waals surface area contributed by atoms with Crippen LogP contribution in [0, 0.1) is 0 Å². The van der Waals surface area contributed by atoms with Crippen LogP contribution >= 0.6 is 0 Å². The predicted molar refractivity (Wildman–Crippen MR) is 90.9 cm³/mol. The summed E-state index contributed by atoms with van der Waals surface area (Å²) < 4.78 is 10.7. The molecule has 0 aromatic heterocycles. The third-order valence-electron chi connectivity index (χ3n) is 3.66. The molecule has 1 heterocycles. The Morgan fingerprint density at radius 3 is 2.54 bits per heavy atom. The zero-order valence-corrected chi connectivity index (χ0v) is 14.4. The molecule has 0 aliphatic carbocycles. The van der Waals surface area contributed by atoms with E-state index in [-0.39, 0.29) is 12.6 Å². The van der Waals surface area contributed by atoms with E-state index >= 15 is 0 Å². The second-order valence-corrected chi connectivity index (χ2v) is 6.81. The largest absolute Gasteiger partial charge is 0.459 e. The van der Waals surface area contributed by atoms with Crippen molar-refractivity contribution in [2.24, 2.45) is 4.99 Å². The molecule has 0 radical (unpaired) electrons. The smallest absolute Gasteiger partial charge is 0.411 e. The first kappa shape index (κ1) is 18.0. The number of benzene rings is 1. The van der Waals surface area contributed by atoms with Crippen LogP contribution in [0.5, 0.6) is 0 Å². The van der Waals surface area contributed by atoms with E-state index in [4.69, 9.17) is 9.47 Å². The maximum Gasteiger partial charge on any atom is 0.411 e. The molecular formula is C18H24N2O4. The van der Waals surface area contributed by atoms with E-state index in [0.717, 1.165) is 5.56 Å². The van der Waals surface area contributed by atoms with E-state index in [2.05, 4.69) is 11.7 Å². The molecular weight excluding hydrogens is 308 g/mol. The summed E-state index contributed by atoms with van der Waals surface area (Å²) in [5, 5.41) is 0. The molecule has 6 nitrogen and oxygen atoms in total. The molecule has 1 aromatic carbocycles. The van der Waals surface area contributed by atoms with Crippen LogP contribution in [0.2, 0.25) is 0 Å². The molecule has 24 heavy (non-hydrogen) atoms. The van der Waals surface area contributed by atoms with Crippen molar-refractivity contribution in [1.82, 2.24) is 4.90 Å². The molecule has 2 rings (SSSR count). The Morgan fingerprint density at radius 2 is 1.96 bits per heavy atom. The van der Waals surface area contributed by atoms with Gasteiger partial charge in [-0.05, 0) is 33.1 Å². The monoisotopic (exact) mass is 332 g/mol. The van der Waals surface area contributed by atoms with Crippen molar-refractivity contribution in [2.75, 3.05) is 6.54 Å². The molecule has 0 bridgehead atoms. The van der Waals surface area contributed by atoms with E-state index in [1.165, 1.54) is 4.90 Å². The van der Waals surface area contributed by atoms with E-state index in [9.17, 15) is 9.59 Å². The SMILES string of the molecule is C=NC1C[C@@H](C(=O)OCc2ccccc2)N(C(=O)OC(C)(C)C)C1. The summed E-state index contributed by atoms with van der Waals surface area (Å²) in [7, 11) is 0. The van der Waals surface area contributed by atoms with Crippen molar-refractivity contribution in [3.8, 4) is 0 Å². The van der Waals surface area contributed by atoms with Crippen LogP contribution in [0.3, 0.4) is 0 Å². The number of rotatable bonds is 4. The molecule has 1 saturated heterocycles. The van der Waals surface area contributed by atoms with Gasteiger partial charge in [0.1, 0.15) is 18.2 Å². The normalized spacial score (nSPS) is 20.5. The van der Waals surface area contributed by atoms with Gasteiger partial charge in [-0.15, -0.1) is 0 Å². The molecule has 1 fully saturated rings. The first-order valence-corrected chi connectivity index (χ1v) is 7.96. The number of esters is 1. The van der Waals surface area contributed by atoms with Gasteiger partial charge in [0.15, 0.2) is 0 Å². The molecule has 0 N–H and O–H groups in total. The lowest BCUT2D eigenvalue weighted by molar-refractivity contribution is -0.150. The number of amides is 1. The molecule has 0 spiro atoms. The number of aliphatic imine (C=N–C) groups is 1. The first-order valence-electron chi connectivity index (χ1n) is 7.96. The second kappa shape index (κ2) is 7.47. The van der Waals surface area contributed by atoms with Gasteiger partial charge < -0.3 is 9.47 Å². The summed E-state index contributed by atoms with van der Waals surface area (Å²) in [6, 6.07) is 8.52. The third-order valence-corrected chi connectivity index (χ3v) is 3.66. The minimum Gasteiger partial charge on any atom is -0.459 e. The lowest BCUT2D eigenvalue weighted by atomic mass is 10.2. The summed E-state index contributed by atoms with van der Waals surface area (Å²) in [4.78, 5) is 30.1. The van der Waals surface area contributed by atoms with Gasteiger partial charge in [-0.25, -0.2) is 9.59 Å². The Bertz CT molecular complexity index is 595. The fourth-order valence-corrected chi connectivity index (χ4v) is 2.52. The number of hydrogen-bond acceptors (Lipinski definition) is 5. The number of nitrogens with zero attached hydrogens (tertiary/aromatic N) is 2. The quantitative estimate of drug-likeness (QED) is 0.628. The lowest BCUT2D eigenvalue weighted by Gasteiger charge is -2.27. The topological polar surface area (TPSA) is 68.2 Å². The fourth-order valence-electron chi connectivity index (χ4n) is 2.52. The molecule has 1 unspecified atom stereocenters. The third kappa shape index (κ3) is 4.81. The van der Waals surface area contributed by atoms with E-state index in [1.807, 2.05) is 30.3 Å². The number of likely N-dealkylation sites (tertiary alicyclic amines) is 1. The molecule has 0 saturated carbocycles. The number of carbonyl (C=O) groups excluding carboxylic acids is 2. The van der Waals surface area contributed by atoms with Gasteiger partial charge in [-0.1, -0.05) is 30.3 Å². The fraction of sp³-hybridized carbons (Fsp3) is 0.500. The molecule has 2 atom stereocenters. The minimum absolute atomic E-state index is 0.171. The van der Waals surface area contributed by atoms with Crippen molar-refractivity contribution in [2.45, 2.75) is 51.5 Å². The van der Waals surface area contributed by atoms with Crippen molar-refractivity contribution in [1.29, 1.82) is 0 Å². The zero-order chi connectivity index (χ0) is 17.7. The van der Waals surface area contributed by atoms with Crippen LogP contribution in [-0.4, -0.2) is 47.9 Å².